The molecule has 6 heteroatoms. The van der Waals surface area contributed by atoms with E-state index in [9.17, 15) is 14.7 Å². The lowest BCUT2D eigenvalue weighted by Crippen LogP contribution is -2.42. The van der Waals surface area contributed by atoms with Crippen molar-refractivity contribution in [3.05, 3.63) is 54.4 Å². The number of hydrogen-bond donors (Lipinski definition) is 2. The molecule has 2 amide bonds. The van der Waals surface area contributed by atoms with Gasteiger partial charge >= 0.3 is 12.0 Å². The quantitative estimate of drug-likeness (QED) is 0.848. The zero-order valence-corrected chi connectivity index (χ0v) is 16.0. The van der Waals surface area contributed by atoms with Gasteiger partial charge in [-0.25, -0.2) is 4.79 Å². The highest BCUT2D eigenvalue weighted by Gasteiger charge is 2.55. The lowest BCUT2D eigenvalue weighted by Gasteiger charge is -2.24. The summed E-state index contributed by atoms with van der Waals surface area (Å²) in [7, 11) is 0. The van der Waals surface area contributed by atoms with Gasteiger partial charge in [0.1, 0.15) is 0 Å². The number of pyridine rings is 1. The minimum atomic E-state index is -0.759. The van der Waals surface area contributed by atoms with Crippen LogP contribution < -0.4 is 5.32 Å². The fraction of sp³-hybridized carbons (Fsp3) is 0.409. The highest BCUT2D eigenvalue weighted by molar-refractivity contribution is 5.80. The Labute approximate surface area is 164 Å². The van der Waals surface area contributed by atoms with Crippen molar-refractivity contribution in [2.45, 2.75) is 32.2 Å². The van der Waals surface area contributed by atoms with E-state index in [2.05, 4.69) is 10.3 Å². The molecular weight excluding hydrogens is 354 g/mol. The Bertz CT molecular complexity index is 868. The maximum atomic E-state index is 12.7. The van der Waals surface area contributed by atoms with E-state index in [1.807, 2.05) is 43.3 Å². The van der Waals surface area contributed by atoms with E-state index in [-0.39, 0.29) is 18.0 Å². The Morgan fingerprint density at radius 2 is 1.86 bits per heavy atom. The van der Waals surface area contributed by atoms with Gasteiger partial charge in [0.2, 0.25) is 0 Å². The average Bonchev–Trinajstić information content (AvgIpc) is 3.27. The third kappa shape index (κ3) is 3.23. The van der Waals surface area contributed by atoms with Gasteiger partial charge in [0.15, 0.2) is 0 Å². The van der Waals surface area contributed by atoms with Crippen LogP contribution in [0.25, 0.3) is 11.1 Å². The van der Waals surface area contributed by atoms with Crippen LogP contribution in [-0.2, 0) is 4.79 Å². The minimum absolute atomic E-state index is 0.0747. The molecule has 1 aliphatic carbocycles. The number of amides is 2. The largest absolute Gasteiger partial charge is 0.481 e. The number of carbonyl (C=O) groups excluding carboxylic acids is 1. The predicted octanol–water partition coefficient (Wildman–Crippen LogP) is 3.71. The Kier molecular flexibility index (Phi) is 4.79. The molecule has 2 N–H and O–H groups in total. The smallest absolute Gasteiger partial charge is 0.317 e. The van der Waals surface area contributed by atoms with Crippen LogP contribution >= 0.6 is 0 Å². The Morgan fingerprint density at radius 1 is 1.18 bits per heavy atom. The van der Waals surface area contributed by atoms with E-state index in [1.54, 1.807) is 17.3 Å². The summed E-state index contributed by atoms with van der Waals surface area (Å²) >= 11 is 0. The predicted molar refractivity (Wildman–Crippen MR) is 106 cm³/mol. The zero-order valence-electron chi connectivity index (χ0n) is 16.0. The molecule has 0 radical (unpaired) electrons. The van der Waals surface area contributed by atoms with Crippen molar-refractivity contribution < 1.29 is 14.7 Å². The number of carboxylic acids is 1. The van der Waals surface area contributed by atoms with Crippen LogP contribution in [-0.4, -0.2) is 40.1 Å². The first kappa shape index (κ1) is 18.5. The zero-order chi connectivity index (χ0) is 19.7. The first-order chi connectivity index (χ1) is 13.5. The Balaban J connectivity index is 1.41. The number of nitrogens with one attached hydrogen (secondary N) is 1. The number of rotatable bonds is 4. The molecule has 1 saturated heterocycles. The van der Waals surface area contributed by atoms with Crippen molar-refractivity contribution in [2.75, 3.05) is 13.1 Å². The maximum Gasteiger partial charge on any atom is 0.317 e. The lowest BCUT2D eigenvalue weighted by atomic mass is 9.81. The number of benzene rings is 1. The Hall–Kier alpha value is -2.89. The molecule has 0 bridgehead atoms. The SMILES string of the molecule is CC(NC(=O)N1C[C@@H]2CCC[C@@]2(C(=O)O)C1)c1ccc(-c2ccncc2)cc1. The first-order valence-corrected chi connectivity index (χ1v) is 9.79. The van der Waals surface area contributed by atoms with E-state index in [0.29, 0.717) is 19.5 Å². The standard InChI is InChI=1S/C22H25N3O3/c1-15(16-4-6-17(7-5-16)18-8-11-23-12-9-18)24-21(28)25-13-19-3-2-10-22(19,14-25)20(26)27/h4-9,11-12,15,19H,2-3,10,13-14H2,1H3,(H,24,28)(H,26,27)/t15?,19-,22+/m0/s1. The van der Waals surface area contributed by atoms with E-state index in [1.165, 1.54) is 0 Å². The topological polar surface area (TPSA) is 82.5 Å². The summed E-state index contributed by atoms with van der Waals surface area (Å²) in [5.41, 5.74) is 2.46. The maximum absolute atomic E-state index is 12.7. The number of aliphatic carboxylic acids is 1. The van der Waals surface area contributed by atoms with Crippen LogP contribution in [0.3, 0.4) is 0 Å². The van der Waals surface area contributed by atoms with Gasteiger partial charge in [0, 0.05) is 25.5 Å². The highest BCUT2D eigenvalue weighted by atomic mass is 16.4. The van der Waals surface area contributed by atoms with Crippen LogP contribution in [0.4, 0.5) is 4.79 Å². The summed E-state index contributed by atoms with van der Waals surface area (Å²) in [6.07, 6.45) is 6.03. The molecule has 1 aliphatic heterocycles. The van der Waals surface area contributed by atoms with Crippen molar-refractivity contribution in [3.63, 3.8) is 0 Å². The van der Waals surface area contributed by atoms with Gasteiger partial charge in [-0.05, 0) is 54.5 Å². The second kappa shape index (κ2) is 7.26. The van der Waals surface area contributed by atoms with Crippen molar-refractivity contribution in [3.8, 4) is 11.1 Å². The number of carboxylic acid groups (broad SMARTS) is 1. The molecule has 6 nitrogen and oxygen atoms in total. The minimum Gasteiger partial charge on any atom is -0.481 e. The van der Waals surface area contributed by atoms with Crippen LogP contribution in [0.5, 0.6) is 0 Å². The molecule has 0 spiro atoms. The fourth-order valence-corrected chi connectivity index (χ4v) is 4.66. The molecule has 2 heterocycles. The average molecular weight is 379 g/mol. The van der Waals surface area contributed by atoms with Crippen LogP contribution in [0, 0.1) is 11.3 Å². The number of hydrogen-bond acceptors (Lipinski definition) is 3. The summed E-state index contributed by atoms with van der Waals surface area (Å²) in [6.45, 7) is 2.79. The number of carbonyl (C=O) groups is 2. The van der Waals surface area contributed by atoms with Gasteiger partial charge in [-0.2, -0.15) is 0 Å². The van der Waals surface area contributed by atoms with Gasteiger partial charge < -0.3 is 15.3 Å². The molecule has 1 aromatic carbocycles. The molecule has 2 aromatic rings. The normalized spacial score (nSPS) is 24.6. The van der Waals surface area contributed by atoms with E-state index >= 15 is 0 Å². The monoisotopic (exact) mass is 379 g/mol. The van der Waals surface area contributed by atoms with Gasteiger partial charge in [-0.15, -0.1) is 0 Å². The first-order valence-electron chi connectivity index (χ1n) is 9.79. The van der Waals surface area contributed by atoms with Crippen LogP contribution in [0.2, 0.25) is 0 Å². The molecule has 4 rings (SSSR count). The van der Waals surface area contributed by atoms with Crippen LogP contribution in [0.1, 0.15) is 37.8 Å². The van der Waals surface area contributed by atoms with Crippen LogP contribution in [0.15, 0.2) is 48.8 Å². The lowest BCUT2D eigenvalue weighted by molar-refractivity contribution is -0.149. The number of nitrogens with zero attached hydrogens (tertiary/aromatic N) is 2. The molecule has 1 aromatic heterocycles. The molecule has 1 unspecified atom stereocenters. The summed E-state index contributed by atoms with van der Waals surface area (Å²) in [6, 6.07) is 11.7. The molecule has 2 fully saturated rings. The third-order valence-corrected chi connectivity index (χ3v) is 6.35. The third-order valence-electron chi connectivity index (χ3n) is 6.35. The number of urea groups is 1. The van der Waals surface area contributed by atoms with Gasteiger partial charge in [-0.1, -0.05) is 30.7 Å². The number of fused-ring (bicyclic) bond motifs is 1. The van der Waals surface area contributed by atoms with E-state index in [0.717, 1.165) is 29.5 Å². The fourth-order valence-electron chi connectivity index (χ4n) is 4.66. The van der Waals surface area contributed by atoms with Crippen molar-refractivity contribution in [1.29, 1.82) is 0 Å². The van der Waals surface area contributed by atoms with Gasteiger partial charge in [-0.3, -0.25) is 9.78 Å². The molecular formula is C22H25N3O3. The highest BCUT2D eigenvalue weighted by Crippen LogP contribution is 2.48. The van der Waals surface area contributed by atoms with E-state index < -0.39 is 11.4 Å². The summed E-state index contributed by atoms with van der Waals surface area (Å²) in [5, 5.41) is 12.7. The summed E-state index contributed by atoms with van der Waals surface area (Å²) in [4.78, 5) is 30.2. The van der Waals surface area contributed by atoms with Gasteiger partial charge in [0.25, 0.3) is 0 Å². The molecule has 2 aliphatic rings. The Morgan fingerprint density at radius 3 is 2.50 bits per heavy atom. The van der Waals surface area contributed by atoms with Gasteiger partial charge in [0.05, 0.1) is 11.5 Å². The van der Waals surface area contributed by atoms with E-state index in [4.69, 9.17) is 0 Å². The molecule has 3 atom stereocenters. The molecule has 146 valence electrons. The second-order valence-corrected chi connectivity index (χ2v) is 7.96. The number of likely N-dealkylation sites (tertiary alicyclic amines) is 1. The summed E-state index contributed by atoms with van der Waals surface area (Å²) < 4.78 is 0. The van der Waals surface area contributed by atoms with Crippen molar-refractivity contribution in [1.82, 2.24) is 15.2 Å². The van der Waals surface area contributed by atoms with Crippen molar-refractivity contribution >= 4 is 12.0 Å². The molecule has 28 heavy (non-hydrogen) atoms. The second-order valence-electron chi connectivity index (χ2n) is 7.96. The van der Waals surface area contributed by atoms with Crippen molar-refractivity contribution in [2.24, 2.45) is 11.3 Å². The summed E-state index contributed by atoms with van der Waals surface area (Å²) in [5.74, 6) is -0.684. The number of aromatic nitrogens is 1. The molecule has 1 saturated carbocycles.